The van der Waals surface area contributed by atoms with Gasteiger partial charge in [-0.2, -0.15) is 0 Å². The van der Waals surface area contributed by atoms with Crippen LogP contribution in [0.3, 0.4) is 0 Å². The molecule has 2 heterocycles. The molecule has 23 heavy (non-hydrogen) atoms. The molecule has 0 spiro atoms. The highest BCUT2D eigenvalue weighted by atomic mass is 35.5. The molecule has 5 nitrogen and oxygen atoms in total. The first-order valence-corrected chi connectivity index (χ1v) is 8.42. The number of hydrogen-bond acceptors (Lipinski definition) is 4. The molecule has 0 saturated carbocycles. The van der Waals surface area contributed by atoms with Crippen molar-refractivity contribution in [3.8, 4) is 0 Å². The Morgan fingerprint density at radius 3 is 2.52 bits per heavy atom. The summed E-state index contributed by atoms with van der Waals surface area (Å²) in [5, 5.41) is 4.83. The van der Waals surface area contributed by atoms with Gasteiger partial charge >= 0.3 is 0 Å². The summed E-state index contributed by atoms with van der Waals surface area (Å²) in [5.41, 5.74) is 0.843. The van der Waals surface area contributed by atoms with Crippen molar-refractivity contribution in [2.75, 3.05) is 32.7 Å². The molecule has 1 unspecified atom stereocenters. The third kappa shape index (κ3) is 3.35. The van der Waals surface area contributed by atoms with E-state index in [2.05, 4.69) is 17.0 Å². The number of piperazine rings is 1. The molecule has 1 atom stereocenters. The third-order valence-electron chi connectivity index (χ3n) is 4.60. The number of amides is 1. The zero-order chi connectivity index (χ0) is 16.4. The normalized spacial score (nSPS) is 25.2. The van der Waals surface area contributed by atoms with Crippen LogP contribution >= 0.6 is 11.6 Å². The predicted molar refractivity (Wildman–Crippen MR) is 90.8 cm³/mol. The molecule has 0 aliphatic carbocycles. The minimum atomic E-state index is -0.899. The standard InChI is InChI=1S/C17H22ClN3O2/c1-3-20-8-10-21(11-9-20)16(22)17(2)12-15(19-23-17)13-4-6-14(18)7-5-13/h4-7H,3,8-12H2,1-2H3. The number of oxime groups is 1. The van der Waals surface area contributed by atoms with Crippen LogP contribution in [-0.4, -0.2) is 59.7 Å². The molecule has 0 N–H and O–H groups in total. The summed E-state index contributed by atoms with van der Waals surface area (Å²) in [5.74, 6) is 0.0287. The Balaban J connectivity index is 1.65. The number of rotatable bonds is 3. The Morgan fingerprint density at radius 2 is 1.91 bits per heavy atom. The highest BCUT2D eigenvalue weighted by Gasteiger charge is 2.45. The zero-order valence-corrected chi connectivity index (χ0v) is 14.3. The summed E-state index contributed by atoms with van der Waals surface area (Å²) < 4.78 is 0. The van der Waals surface area contributed by atoms with Crippen molar-refractivity contribution in [1.29, 1.82) is 0 Å². The minimum Gasteiger partial charge on any atom is -0.379 e. The molecule has 1 fully saturated rings. The molecule has 3 rings (SSSR count). The molecular formula is C17H22ClN3O2. The van der Waals surface area contributed by atoms with Gasteiger partial charge in [-0.3, -0.25) is 4.79 Å². The Hall–Kier alpha value is -1.59. The maximum Gasteiger partial charge on any atom is 0.269 e. The maximum absolute atomic E-state index is 12.8. The predicted octanol–water partition coefficient (Wildman–Crippen LogP) is 2.39. The summed E-state index contributed by atoms with van der Waals surface area (Å²) in [7, 11) is 0. The second kappa shape index (κ2) is 6.49. The number of benzene rings is 1. The van der Waals surface area contributed by atoms with Gasteiger partial charge in [0, 0.05) is 37.6 Å². The van der Waals surface area contributed by atoms with Gasteiger partial charge in [-0.05, 0) is 31.2 Å². The monoisotopic (exact) mass is 335 g/mol. The van der Waals surface area contributed by atoms with E-state index < -0.39 is 5.60 Å². The van der Waals surface area contributed by atoms with E-state index in [1.807, 2.05) is 36.1 Å². The van der Waals surface area contributed by atoms with Crippen molar-refractivity contribution in [2.24, 2.45) is 5.16 Å². The van der Waals surface area contributed by atoms with Crippen molar-refractivity contribution < 1.29 is 9.63 Å². The van der Waals surface area contributed by atoms with Crippen molar-refractivity contribution in [3.63, 3.8) is 0 Å². The smallest absolute Gasteiger partial charge is 0.269 e. The van der Waals surface area contributed by atoms with Crippen LogP contribution in [-0.2, 0) is 9.63 Å². The van der Waals surface area contributed by atoms with E-state index in [0.29, 0.717) is 11.4 Å². The Labute approximate surface area is 141 Å². The highest BCUT2D eigenvalue weighted by molar-refractivity contribution is 6.30. The Bertz CT molecular complexity index is 609. The van der Waals surface area contributed by atoms with Gasteiger partial charge in [0.05, 0.1) is 5.71 Å². The first-order chi connectivity index (χ1) is 11.0. The summed E-state index contributed by atoms with van der Waals surface area (Å²) in [6, 6.07) is 7.45. The molecule has 6 heteroatoms. The van der Waals surface area contributed by atoms with E-state index >= 15 is 0 Å². The van der Waals surface area contributed by atoms with Gasteiger partial charge in [-0.25, -0.2) is 0 Å². The van der Waals surface area contributed by atoms with Gasteiger partial charge in [0.2, 0.25) is 5.60 Å². The second-order valence-electron chi connectivity index (χ2n) is 6.27. The summed E-state index contributed by atoms with van der Waals surface area (Å²) in [4.78, 5) is 22.6. The first-order valence-electron chi connectivity index (χ1n) is 8.04. The van der Waals surface area contributed by atoms with Crippen LogP contribution in [0.15, 0.2) is 29.4 Å². The zero-order valence-electron chi connectivity index (χ0n) is 13.6. The molecule has 2 aliphatic rings. The summed E-state index contributed by atoms with van der Waals surface area (Å²) in [6.07, 6.45) is 0.488. The molecular weight excluding hydrogens is 314 g/mol. The molecule has 1 amide bonds. The molecule has 124 valence electrons. The van der Waals surface area contributed by atoms with E-state index in [1.165, 1.54) is 0 Å². The van der Waals surface area contributed by atoms with Crippen LogP contribution < -0.4 is 0 Å². The first kappa shape index (κ1) is 16.3. The van der Waals surface area contributed by atoms with Crippen molar-refractivity contribution in [1.82, 2.24) is 9.80 Å². The fourth-order valence-electron chi connectivity index (χ4n) is 3.05. The number of carbonyl (C=O) groups excluding carboxylic acids is 1. The summed E-state index contributed by atoms with van der Waals surface area (Å²) >= 11 is 5.91. The van der Waals surface area contributed by atoms with E-state index in [1.54, 1.807) is 0 Å². The maximum atomic E-state index is 12.8. The highest BCUT2D eigenvalue weighted by Crippen LogP contribution is 2.29. The largest absolute Gasteiger partial charge is 0.379 e. The lowest BCUT2D eigenvalue weighted by molar-refractivity contribution is -0.155. The van der Waals surface area contributed by atoms with Crippen LogP contribution in [0.25, 0.3) is 0 Å². The van der Waals surface area contributed by atoms with Gasteiger partial charge < -0.3 is 14.6 Å². The quantitative estimate of drug-likeness (QED) is 0.852. The van der Waals surface area contributed by atoms with Gasteiger partial charge in [0.25, 0.3) is 5.91 Å². The van der Waals surface area contributed by atoms with Gasteiger partial charge in [-0.15, -0.1) is 0 Å². The fraction of sp³-hybridized carbons (Fsp3) is 0.529. The van der Waals surface area contributed by atoms with Crippen LogP contribution in [0.1, 0.15) is 25.8 Å². The molecule has 1 aromatic carbocycles. The van der Waals surface area contributed by atoms with E-state index in [-0.39, 0.29) is 5.91 Å². The Morgan fingerprint density at radius 1 is 1.26 bits per heavy atom. The summed E-state index contributed by atoms with van der Waals surface area (Å²) in [6.45, 7) is 8.34. The molecule has 0 bridgehead atoms. The van der Waals surface area contributed by atoms with E-state index in [0.717, 1.165) is 44.0 Å². The number of nitrogens with zero attached hydrogens (tertiary/aromatic N) is 3. The van der Waals surface area contributed by atoms with Gasteiger partial charge in [0.1, 0.15) is 0 Å². The molecule has 2 aliphatic heterocycles. The SMILES string of the molecule is CCN1CCN(C(=O)C2(C)CC(c3ccc(Cl)cc3)=NO2)CC1. The third-order valence-corrected chi connectivity index (χ3v) is 4.85. The minimum absolute atomic E-state index is 0.0287. The second-order valence-corrected chi connectivity index (χ2v) is 6.71. The number of likely N-dealkylation sites (N-methyl/N-ethyl adjacent to an activating group) is 1. The number of carbonyl (C=O) groups is 1. The molecule has 1 aromatic rings. The van der Waals surface area contributed by atoms with Crippen LogP contribution in [0.5, 0.6) is 0 Å². The van der Waals surface area contributed by atoms with Crippen LogP contribution in [0.2, 0.25) is 5.02 Å². The lowest BCUT2D eigenvalue weighted by Gasteiger charge is -2.37. The van der Waals surface area contributed by atoms with Gasteiger partial charge in [0.15, 0.2) is 0 Å². The van der Waals surface area contributed by atoms with E-state index in [4.69, 9.17) is 16.4 Å². The number of hydrogen-bond donors (Lipinski definition) is 0. The average molecular weight is 336 g/mol. The number of halogens is 1. The van der Waals surface area contributed by atoms with Crippen molar-refractivity contribution in [3.05, 3.63) is 34.9 Å². The lowest BCUT2D eigenvalue weighted by atomic mass is 9.94. The van der Waals surface area contributed by atoms with Crippen LogP contribution in [0.4, 0.5) is 0 Å². The topological polar surface area (TPSA) is 45.1 Å². The Kier molecular flexibility index (Phi) is 4.60. The molecule has 1 saturated heterocycles. The van der Waals surface area contributed by atoms with Gasteiger partial charge in [-0.1, -0.05) is 35.8 Å². The van der Waals surface area contributed by atoms with E-state index in [9.17, 15) is 4.79 Å². The van der Waals surface area contributed by atoms with Crippen LogP contribution in [0, 0.1) is 0 Å². The van der Waals surface area contributed by atoms with Crippen molar-refractivity contribution in [2.45, 2.75) is 25.9 Å². The lowest BCUT2D eigenvalue weighted by Crippen LogP contribution is -2.54. The molecule has 0 aromatic heterocycles. The average Bonchev–Trinajstić information content (AvgIpc) is 2.98. The van der Waals surface area contributed by atoms with Crippen molar-refractivity contribution >= 4 is 23.2 Å². The molecule has 0 radical (unpaired) electrons. The fourth-order valence-corrected chi connectivity index (χ4v) is 3.18.